The van der Waals surface area contributed by atoms with Gasteiger partial charge in [-0.1, -0.05) is 104 Å². The number of nitrogens with zero attached hydrogens (tertiary/aromatic N) is 2. The molecule has 5 aromatic rings. The number of pyridine rings is 1. The maximum Gasteiger partial charge on any atom is 0.136 e. The van der Waals surface area contributed by atoms with Crippen molar-refractivity contribution in [3.63, 3.8) is 0 Å². The van der Waals surface area contributed by atoms with E-state index in [1.165, 1.54) is 11.1 Å². The molecule has 3 aliphatic carbocycles. The SMILES string of the molecule is C=C(/C=C(\N=C(/C)c1cccnc1-c1ccc(-c2ccc3c(c2)oc2ccccc23)cc1)C1=CC=CCC1)C1=C[C@@H]2C=CC2C=C1. The number of para-hydroxylation sites is 1. The zero-order chi connectivity index (χ0) is 31.0. The van der Waals surface area contributed by atoms with Crippen molar-refractivity contribution >= 4 is 27.7 Å². The Morgan fingerprint density at radius 1 is 0.870 bits per heavy atom. The van der Waals surface area contributed by atoms with Gasteiger partial charge in [-0.25, -0.2) is 0 Å². The minimum Gasteiger partial charge on any atom is -0.456 e. The minimum absolute atomic E-state index is 0.480. The Kier molecular flexibility index (Phi) is 7.15. The van der Waals surface area contributed by atoms with E-state index < -0.39 is 0 Å². The van der Waals surface area contributed by atoms with Crippen LogP contribution in [0.15, 0.2) is 178 Å². The molecule has 0 saturated carbocycles. The average Bonchev–Trinajstić information content (AvgIpc) is 3.47. The monoisotopic (exact) mass is 594 g/mol. The van der Waals surface area contributed by atoms with Gasteiger partial charge in [-0.05, 0) is 84.0 Å². The number of benzene rings is 3. The first-order chi connectivity index (χ1) is 22.6. The molecule has 46 heavy (non-hydrogen) atoms. The first-order valence-corrected chi connectivity index (χ1v) is 16.0. The van der Waals surface area contributed by atoms with Crippen molar-refractivity contribution in [1.29, 1.82) is 0 Å². The number of aliphatic imine (C=N–C) groups is 1. The maximum atomic E-state index is 6.15. The number of hydrogen-bond donors (Lipinski definition) is 0. The van der Waals surface area contributed by atoms with Gasteiger partial charge in [-0.15, -0.1) is 0 Å². The van der Waals surface area contributed by atoms with Crippen LogP contribution < -0.4 is 0 Å². The van der Waals surface area contributed by atoms with Crippen molar-refractivity contribution in [1.82, 2.24) is 4.98 Å². The maximum absolute atomic E-state index is 6.15. The fourth-order valence-corrected chi connectivity index (χ4v) is 6.57. The summed E-state index contributed by atoms with van der Waals surface area (Å²) >= 11 is 0. The van der Waals surface area contributed by atoms with Crippen LogP contribution in [0.4, 0.5) is 0 Å². The van der Waals surface area contributed by atoms with E-state index in [-0.39, 0.29) is 0 Å². The van der Waals surface area contributed by atoms with E-state index in [1.807, 2.05) is 30.5 Å². The summed E-state index contributed by atoms with van der Waals surface area (Å²) in [5.41, 5.74) is 12.3. The molecule has 0 aliphatic heterocycles. The number of allylic oxidation sites excluding steroid dienone is 12. The topological polar surface area (TPSA) is 38.4 Å². The van der Waals surface area contributed by atoms with Gasteiger partial charge in [-0.2, -0.15) is 0 Å². The van der Waals surface area contributed by atoms with E-state index in [9.17, 15) is 0 Å². The van der Waals surface area contributed by atoms with Crippen molar-refractivity contribution in [2.24, 2.45) is 16.8 Å². The van der Waals surface area contributed by atoms with Crippen LogP contribution in [0.1, 0.15) is 25.3 Å². The second-order valence-electron chi connectivity index (χ2n) is 12.2. The van der Waals surface area contributed by atoms with Crippen LogP contribution in [-0.4, -0.2) is 10.7 Å². The average molecular weight is 595 g/mol. The van der Waals surface area contributed by atoms with Crippen molar-refractivity contribution in [3.05, 3.63) is 174 Å². The highest BCUT2D eigenvalue weighted by Crippen LogP contribution is 2.36. The Bertz CT molecular complexity index is 2230. The van der Waals surface area contributed by atoms with Crippen LogP contribution in [0.5, 0.6) is 0 Å². The Hall–Kier alpha value is -5.54. The molecule has 8 rings (SSSR count). The van der Waals surface area contributed by atoms with E-state index in [2.05, 4.69) is 123 Å². The minimum atomic E-state index is 0.480. The van der Waals surface area contributed by atoms with Crippen LogP contribution in [0.2, 0.25) is 0 Å². The summed E-state index contributed by atoms with van der Waals surface area (Å²) in [6.45, 7) is 6.53. The van der Waals surface area contributed by atoms with Gasteiger partial charge >= 0.3 is 0 Å². The van der Waals surface area contributed by atoms with E-state index in [0.717, 1.165) is 79.7 Å². The quantitative estimate of drug-likeness (QED) is 0.107. The summed E-state index contributed by atoms with van der Waals surface area (Å²) < 4.78 is 6.15. The zero-order valence-electron chi connectivity index (χ0n) is 25.9. The Morgan fingerprint density at radius 2 is 1.67 bits per heavy atom. The molecule has 3 nitrogen and oxygen atoms in total. The van der Waals surface area contributed by atoms with Gasteiger partial charge < -0.3 is 4.42 Å². The highest BCUT2D eigenvalue weighted by atomic mass is 16.3. The third-order valence-electron chi connectivity index (χ3n) is 9.25. The third-order valence-corrected chi connectivity index (χ3v) is 9.25. The van der Waals surface area contributed by atoms with E-state index in [1.54, 1.807) is 0 Å². The first kappa shape index (κ1) is 28.0. The molecule has 0 saturated heterocycles. The smallest absolute Gasteiger partial charge is 0.136 e. The molecule has 0 radical (unpaired) electrons. The lowest BCUT2D eigenvalue weighted by Gasteiger charge is -2.28. The van der Waals surface area contributed by atoms with Crippen LogP contribution in [0, 0.1) is 11.8 Å². The normalized spacial score (nSPS) is 19.2. The molecule has 3 aliphatic rings. The second-order valence-corrected chi connectivity index (χ2v) is 12.2. The lowest BCUT2D eigenvalue weighted by molar-refractivity contribution is 0.599. The molecule has 2 aromatic heterocycles. The molecule has 1 unspecified atom stereocenters. The van der Waals surface area contributed by atoms with E-state index in [4.69, 9.17) is 14.4 Å². The molecule has 0 bridgehead atoms. The molecule has 0 fully saturated rings. The lowest BCUT2D eigenvalue weighted by Crippen LogP contribution is -2.17. The molecule has 2 atom stereocenters. The number of hydrogen-bond acceptors (Lipinski definition) is 3. The fourth-order valence-electron chi connectivity index (χ4n) is 6.57. The van der Waals surface area contributed by atoms with Gasteiger partial charge in [0.05, 0.1) is 11.4 Å². The van der Waals surface area contributed by atoms with Crippen LogP contribution in [0.3, 0.4) is 0 Å². The van der Waals surface area contributed by atoms with Gasteiger partial charge in [0, 0.05) is 45.6 Å². The molecule has 2 heterocycles. The molecule has 222 valence electrons. The summed E-state index contributed by atoms with van der Waals surface area (Å²) in [5.74, 6) is 1.01. The summed E-state index contributed by atoms with van der Waals surface area (Å²) in [7, 11) is 0. The largest absolute Gasteiger partial charge is 0.456 e. The summed E-state index contributed by atoms with van der Waals surface area (Å²) in [5, 5.41) is 2.28. The van der Waals surface area contributed by atoms with Crippen molar-refractivity contribution < 1.29 is 4.42 Å². The Morgan fingerprint density at radius 3 is 2.48 bits per heavy atom. The molecule has 0 N–H and O–H groups in total. The standard InChI is InChI=1S/C43H34N2O/c1-28(34-20-16-30-17-21-35(30)26-34)25-40(32-9-4-3-5-10-32)45-29(2)37-12-8-24-44-43(37)33-18-14-31(15-19-33)36-22-23-39-38-11-6-7-13-41(38)46-42(39)27-36/h3-4,6-9,11-27,30,35H,1,5,10H2,2H3/b40-25-,45-29+/t30?,35-/m0/s1. The number of fused-ring (bicyclic) bond motifs is 4. The van der Waals surface area contributed by atoms with Crippen LogP contribution in [0.25, 0.3) is 44.3 Å². The summed E-state index contributed by atoms with van der Waals surface area (Å²) in [6, 6.07) is 27.3. The molecule has 0 amide bonds. The van der Waals surface area contributed by atoms with E-state index in [0.29, 0.717) is 11.8 Å². The molecule has 3 aromatic carbocycles. The number of furan rings is 1. The number of rotatable bonds is 7. The highest BCUT2D eigenvalue weighted by molar-refractivity contribution is 6.06. The van der Waals surface area contributed by atoms with Crippen LogP contribution >= 0.6 is 0 Å². The van der Waals surface area contributed by atoms with Gasteiger partial charge in [0.25, 0.3) is 0 Å². The molecular formula is C43H34N2O. The predicted molar refractivity (Wildman–Crippen MR) is 192 cm³/mol. The van der Waals surface area contributed by atoms with E-state index >= 15 is 0 Å². The Labute approximate surface area is 269 Å². The van der Waals surface area contributed by atoms with Gasteiger partial charge in [-0.3, -0.25) is 9.98 Å². The Balaban J connectivity index is 1.11. The van der Waals surface area contributed by atoms with Crippen molar-refractivity contribution in [2.45, 2.75) is 19.8 Å². The molecular weight excluding hydrogens is 560 g/mol. The van der Waals surface area contributed by atoms with Gasteiger partial charge in [0.2, 0.25) is 0 Å². The lowest BCUT2D eigenvalue weighted by atomic mass is 9.76. The van der Waals surface area contributed by atoms with Gasteiger partial charge in [0.1, 0.15) is 11.2 Å². The first-order valence-electron chi connectivity index (χ1n) is 16.0. The molecule has 3 heteroatoms. The second kappa shape index (κ2) is 11.8. The van der Waals surface area contributed by atoms with Gasteiger partial charge in [0.15, 0.2) is 0 Å². The highest BCUT2D eigenvalue weighted by Gasteiger charge is 2.23. The third kappa shape index (κ3) is 5.24. The van der Waals surface area contributed by atoms with Crippen molar-refractivity contribution in [2.75, 3.05) is 0 Å². The van der Waals surface area contributed by atoms with Crippen LogP contribution in [-0.2, 0) is 0 Å². The predicted octanol–water partition coefficient (Wildman–Crippen LogP) is 11.1. The number of aromatic nitrogens is 1. The zero-order valence-corrected chi connectivity index (χ0v) is 25.9. The van der Waals surface area contributed by atoms with Crippen molar-refractivity contribution in [3.8, 4) is 22.4 Å². The molecule has 0 spiro atoms. The summed E-state index contributed by atoms with van der Waals surface area (Å²) in [4.78, 5) is 10.1. The summed E-state index contributed by atoms with van der Waals surface area (Å²) in [6.07, 6.45) is 23.8. The fraction of sp³-hybridized carbons (Fsp3) is 0.116.